The lowest BCUT2D eigenvalue weighted by atomic mass is 9.53. The van der Waals surface area contributed by atoms with Gasteiger partial charge in [0.2, 0.25) is 0 Å². The van der Waals surface area contributed by atoms with Crippen LogP contribution >= 0.6 is 0 Å². The summed E-state index contributed by atoms with van der Waals surface area (Å²) in [5, 5.41) is 16.4. The molecule has 5 aliphatic carbocycles. The molecule has 7 nitrogen and oxygen atoms in total. The molecule has 0 spiro atoms. The molecule has 3 aromatic carbocycles. The molecule has 6 bridgehead atoms. The van der Waals surface area contributed by atoms with E-state index in [9.17, 15) is 9.90 Å². The number of likely N-dealkylation sites (tertiary alicyclic amines) is 1. The summed E-state index contributed by atoms with van der Waals surface area (Å²) in [7, 11) is 0. The first-order chi connectivity index (χ1) is 25.5. The number of hydrogen-bond acceptors (Lipinski definition) is 5. The third-order valence-corrected chi connectivity index (χ3v) is 13.9. The maximum atomic E-state index is 13.3. The van der Waals surface area contributed by atoms with E-state index in [4.69, 9.17) is 9.47 Å². The van der Waals surface area contributed by atoms with Gasteiger partial charge in [-0.1, -0.05) is 93.6 Å². The Hall–Kier alpha value is -3.23. The van der Waals surface area contributed by atoms with Gasteiger partial charge >= 0.3 is 6.03 Å². The van der Waals surface area contributed by atoms with Crippen molar-refractivity contribution in [2.45, 2.75) is 128 Å². The molecule has 3 aromatic rings. The molecule has 0 aromatic heterocycles. The van der Waals surface area contributed by atoms with Crippen molar-refractivity contribution in [1.82, 2.24) is 15.5 Å². The zero-order valence-electron chi connectivity index (χ0n) is 32.0. The monoisotopic (exact) mass is 717 g/mol. The summed E-state index contributed by atoms with van der Waals surface area (Å²) in [5.41, 5.74) is 7.12. The van der Waals surface area contributed by atoms with Crippen LogP contribution in [-0.4, -0.2) is 46.8 Å². The molecule has 3 N–H and O–H groups in total. The van der Waals surface area contributed by atoms with Crippen LogP contribution in [0.2, 0.25) is 0 Å². The van der Waals surface area contributed by atoms with Crippen LogP contribution in [0.1, 0.15) is 120 Å². The summed E-state index contributed by atoms with van der Waals surface area (Å²) in [5.74, 6) is 2.39. The Morgan fingerprint density at radius 1 is 0.811 bits per heavy atom. The number of ether oxygens (including phenoxy) is 2. The maximum Gasteiger partial charge on any atom is 0.315 e. The van der Waals surface area contributed by atoms with E-state index in [2.05, 4.69) is 97.0 Å². The fourth-order valence-corrected chi connectivity index (χ4v) is 12.6. The minimum atomic E-state index is -0.482. The zero-order valence-corrected chi connectivity index (χ0v) is 32.0. The molecule has 5 saturated carbocycles. The van der Waals surface area contributed by atoms with E-state index in [0.717, 1.165) is 89.9 Å². The molecule has 2 amide bonds. The van der Waals surface area contributed by atoms with Crippen molar-refractivity contribution in [2.24, 2.45) is 28.6 Å². The van der Waals surface area contributed by atoms with Gasteiger partial charge in [-0.15, -0.1) is 0 Å². The van der Waals surface area contributed by atoms with Crippen molar-refractivity contribution in [3.63, 3.8) is 0 Å². The van der Waals surface area contributed by atoms with Gasteiger partial charge in [-0.3, -0.25) is 4.90 Å². The van der Waals surface area contributed by atoms with Gasteiger partial charge in [-0.2, -0.15) is 0 Å². The van der Waals surface area contributed by atoms with E-state index in [1.54, 1.807) is 0 Å². The number of urea groups is 1. The van der Waals surface area contributed by atoms with E-state index in [1.807, 2.05) is 12.1 Å². The molecule has 10 rings (SSSR count). The van der Waals surface area contributed by atoms with E-state index < -0.39 is 6.29 Å². The highest BCUT2D eigenvalue weighted by molar-refractivity contribution is 5.76. The second-order valence-corrected chi connectivity index (χ2v) is 19.3. The average molecular weight is 718 g/mol. The lowest BCUT2D eigenvalue weighted by Crippen LogP contribution is -2.61. The van der Waals surface area contributed by atoms with Crippen molar-refractivity contribution >= 4 is 6.03 Å². The number of fused-ring (bicyclic) bond motifs is 2. The van der Waals surface area contributed by atoms with Crippen LogP contribution in [0.3, 0.4) is 0 Å². The maximum absolute atomic E-state index is 13.3. The predicted molar refractivity (Wildman–Crippen MR) is 208 cm³/mol. The topological polar surface area (TPSA) is 83.1 Å². The highest BCUT2D eigenvalue weighted by atomic mass is 16.7. The molecule has 5 unspecified atom stereocenters. The number of amides is 2. The second kappa shape index (κ2) is 13.8. The molecule has 2 saturated heterocycles. The molecule has 7 aliphatic rings. The summed E-state index contributed by atoms with van der Waals surface area (Å²) in [6, 6.07) is 25.8. The number of nitrogens with one attached hydrogen (secondary N) is 2. The van der Waals surface area contributed by atoms with Crippen molar-refractivity contribution < 1.29 is 19.4 Å². The van der Waals surface area contributed by atoms with Gasteiger partial charge in [0, 0.05) is 43.2 Å². The molecule has 2 aliphatic heterocycles. The normalized spacial score (nSPS) is 35.7. The molecular formula is C46H59N3O4. The van der Waals surface area contributed by atoms with Gasteiger partial charge in [0.1, 0.15) is 0 Å². The second-order valence-electron chi connectivity index (χ2n) is 19.3. The number of carbonyl (C=O) groups excluding carboxylic acids is 1. The summed E-state index contributed by atoms with van der Waals surface area (Å²) >= 11 is 0. The standard InChI is InChI=1S/C46H59N3O4/c1-44(2)23-38-24-45(3,28-44)29-49(38)26-39-19-41(35-10-8-30(27-50)9-11-35)53-42(52-39)36-14-12-34(13-15-36)40-7-5-4-6-37(40)25-47-43(51)48-46-20-31-16-32(21-46)18-33(17-31)22-46/h4-15,31-33,38-39,41-42,50H,16-29H2,1-3H3,(H2,47,48,51). The Balaban J connectivity index is 0.893. The summed E-state index contributed by atoms with van der Waals surface area (Å²) < 4.78 is 13.6. The average Bonchev–Trinajstić information content (AvgIpc) is 3.36. The minimum Gasteiger partial charge on any atom is -0.392 e. The number of hydrogen-bond donors (Lipinski definition) is 3. The summed E-state index contributed by atoms with van der Waals surface area (Å²) in [6.07, 6.45) is 11.6. The van der Waals surface area contributed by atoms with Crippen molar-refractivity contribution in [3.8, 4) is 11.1 Å². The van der Waals surface area contributed by atoms with Crippen LogP contribution in [0.15, 0.2) is 72.8 Å². The molecule has 2 heterocycles. The minimum absolute atomic E-state index is 0.000818. The van der Waals surface area contributed by atoms with Crippen LogP contribution in [0.25, 0.3) is 11.1 Å². The predicted octanol–water partition coefficient (Wildman–Crippen LogP) is 9.06. The fourth-order valence-electron chi connectivity index (χ4n) is 12.6. The summed E-state index contributed by atoms with van der Waals surface area (Å²) in [6.45, 7) is 9.92. The molecule has 0 radical (unpaired) electrons. The van der Waals surface area contributed by atoms with Crippen LogP contribution in [-0.2, 0) is 22.6 Å². The van der Waals surface area contributed by atoms with Gasteiger partial charge < -0.3 is 25.2 Å². The third kappa shape index (κ3) is 7.44. The van der Waals surface area contributed by atoms with Gasteiger partial charge in [0.05, 0.1) is 18.8 Å². The third-order valence-electron chi connectivity index (χ3n) is 13.9. The SMILES string of the molecule is CC1(C)CC2CC(C)(CN2CC2CC(c3ccc(CO)cc3)OC(c3ccc(-c4ccccc4CNC(=O)NC45CC6CC(CC(C6)C4)C5)cc3)O2)C1. The molecule has 7 heteroatoms. The van der Waals surface area contributed by atoms with Crippen LogP contribution in [0.5, 0.6) is 0 Å². The van der Waals surface area contributed by atoms with Crippen molar-refractivity contribution in [2.75, 3.05) is 13.1 Å². The Kier molecular flexibility index (Phi) is 9.24. The number of aliphatic hydroxyl groups excluding tert-OH is 1. The van der Waals surface area contributed by atoms with Gasteiger partial charge in [-0.05, 0) is 114 Å². The van der Waals surface area contributed by atoms with Gasteiger partial charge in [-0.25, -0.2) is 4.79 Å². The molecular weight excluding hydrogens is 659 g/mol. The highest BCUT2D eigenvalue weighted by Gasteiger charge is 2.52. The van der Waals surface area contributed by atoms with Crippen LogP contribution in [0, 0.1) is 28.6 Å². The first-order valence-electron chi connectivity index (χ1n) is 20.5. The largest absolute Gasteiger partial charge is 0.392 e. The van der Waals surface area contributed by atoms with Crippen molar-refractivity contribution in [3.05, 3.63) is 95.1 Å². The number of benzene rings is 3. The van der Waals surface area contributed by atoms with E-state index in [1.165, 1.54) is 38.5 Å². The Bertz CT molecular complexity index is 1750. The number of aliphatic hydroxyl groups is 1. The molecule has 5 atom stereocenters. The van der Waals surface area contributed by atoms with Gasteiger partial charge in [0.15, 0.2) is 6.29 Å². The Morgan fingerprint density at radius 2 is 1.49 bits per heavy atom. The molecule has 7 fully saturated rings. The summed E-state index contributed by atoms with van der Waals surface area (Å²) in [4.78, 5) is 16.0. The highest BCUT2D eigenvalue weighted by Crippen LogP contribution is 2.56. The fraction of sp³-hybridized carbons (Fsp3) is 0.587. The zero-order chi connectivity index (χ0) is 36.4. The van der Waals surface area contributed by atoms with E-state index in [-0.39, 0.29) is 30.4 Å². The van der Waals surface area contributed by atoms with Crippen LogP contribution in [0.4, 0.5) is 4.79 Å². The lowest BCUT2D eigenvalue weighted by molar-refractivity contribution is -0.253. The first kappa shape index (κ1) is 35.5. The smallest absolute Gasteiger partial charge is 0.315 e. The van der Waals surface area contributed by atoms with E-state index in [0.29, 0.717) is 23.4 Å². The number of nitrogens with zero attached hydrogens (tertiary/aromatic N) is 1. The van der Waals surface area contributed by atoms with E-state index >= 15 is 0 Å². The Labute approximate surface area is 316 Å². The quantitative estimate of drug-likeness (QED) is 0.206. The molecule has 53 heavy (non-hydrogen) atoms. The Morgan fingerprint density at radius 3 is 2.19 bits per heavy atom. The number of rotatable bonds is 9. The van der Waals surface area contributed by atoms with Crippen molar-refractivity contribution in [1.29, 1.82) is 0 Å². The van der Waals surface area contributed by atoms with Crippen LogP contribution < -0.4 is 10.6 Å². The van der Waals surface area contributed by atoms with Gasteiger partial charge in [0.25, 0.3) is 0 Å². The lowest BCUT2D eigenvalue weighted by Gasteiger charge is -2.56. The number of carbonyl (C=O) groups is 1. The molecule has 282 valence electrons. The first-order valence-corrected chi connectivity index (χ1v) is 20.5.